The van der Waals surface area contributed by atoms with Crippen molar-refractivity contribution in [2.24, 2.45) is 0 Å². The maximum Gasteiger partial charge on any atom is 0.242 e. The number of para-hydroxylation sites is 1. The first-order valence-corrected chi connectivity index (χ1v) is 9.60. The molecule has 2 rings (SSSR count). The molecule has 0 N–H and O–H groups in total. The van der Waals surface area contributed by atoms with E-state index in [-0.39, 0.29) is 0 Å². The van der Waals surface area contributed by atoms with Gasteiger partial charge in [-0.2, -0.15) is 0 Å². The van der Waals surface area contributed by atoms with E-state index < -0.39 is 10.0 Å². The van der Waals surface area contributed by atoms with Gasteiger partial charge in [0.25, 0.3) is 0 Å². The minimum atomic E-state index is -3.47. The van der Waals surface area contributed by atoms with Gasteiger partial charge in [-0.1, -0.05) is 43.7 Å². The number of nitrogens with zero attached hydrogens (tertiary/aromatic N) is 1. The molecular formula is C19H25NO3S. The van der Waals surface area contributed by atoms with Crippen molar-refractivity contribution in [3.63, 3.8) is 0 Å². The molecule has 0 amide bonds. The first kappa shape index (κ1) is 18.5. The molecule has 0 bridgehead atoms. The van der Waals surface area contributed by atoms with E-state index in [0.717, 1.165) is 29.7 Å². The second kappa shape index (κ2) is 8.31. The van der Waals surface area contributed by atoms with Crippen LogP contribution < -0.4 is 4.74 Å². The van der Waals surface area contributed by atoms with Crippen LogP contribution in [0.25, 0.3) is 0 Å². The molecule has 2 aromatic rings. The number of rotatable bonds is 8. The normalized spacial score (nSPS) is 11.7. The molecule has 0 unspecified atom stereocenters. The Morgan fingerprint density at radius 3 is 2.29 bits per heavy atom. The van der Waals surface area contributed by atoms with Gasteiger partial charge in [-0.25, -0.2) is 12.7 Å². The highest BCUT2D eigenvalue weighted by Crippen LogP contribution is 2.20. The summed E-state index contributed by atoms with van der Waals surface area (Å²) in [6, 6.07) is 14.9. The summed E-state index contributed by atoms with van der Waals surface area (Å²) in [4.78, 5) is 0.338. The number of aryl methyl sites for hydroxylation is 1. The van der Waals surface area contributed by atoms with Crippen LogP contribution in [0.3, 0.4) is 0 Å². The SMILES string of the molecule is CCCc1ccc(S(=O)(=O)N(C)CCc2ccccc2OC)cc1. The molecule has 24 heavy (non-hydrogen) atoms. The second-order valence-corrected chi connectivity index (χ2v) is 7.83. The summed E-state index contributed by atoms with van der Waals surface area (Å²) >= 11 is 0. The lowest BCUT2D eigenvalue weighted by molar-refractivity contribution is 0.406. The number of hydrogen-bond donors (Lipinski definition) is 0. The van der Waals surface area contributed by atoms with Crippen molar-refractivity contribution in [1.82, 2.24) is 4.31 Å². The van der Waals surface area contributed by atoms with E-state index in [1.54, 1.807) is 26.3 Å². The Morgan fingerprint density at radius 1 is 1.00 bits per heavy atom. The predicted molar refractivity (Wildman–Crippen MR) is 97.0 cm³/mol. The van der Waals surface area contributed by atoms with Crippen molar-refractivity contribution >= 4 is 10.0 Å². The second-order valence-electron chi connectivity index (χ2n) is 5.78. The molecule has 0 atom stereocenters. The maximum atomic E-state index is 12.7. The predicted octanol–water partition coefficient (Wildman–Crippen LogP) is 3.51. The molecule has 4 nitrogen and oxygen atoms in total. The topological polar surface area (TPSA) is 46.6 Å². The van der Waals surface area contributed by atoms with Crippen LogP contribution >= 0.6 is 0 Å². The Labute approximate surface area is 145 Å². The smallest absolute Gasteiger partial charge is 0.242 e. The Balaban J connectivity index is 2.08. The lowest BCUT2D eigenvalue weighted by Gasteiger charge is -2.18. The first-order valence-electron chi connectivity index (χ1n) is 8.16. The highest BCUT2D eigenvalue weighted by atomic mass is 32.2. The molecule has 0 fully saturated rings. The van der Waals surface area contributed by atoms with E-state index in [1.807, 2.05) is 36.4 Å². The van der Waals surface area contributed by atoms with Gasteiger partial charge in [-0.05, 0) is 42.2 Å². The van der Waals surface area contributed by atoms with Crippen LogP contribution in [0.15, 0.2) is 53.4 Å². The third-order valence-electron chi connectivity index (χ3n) is 4.06. The van der Waals surface area contributed by atoms with E-state index >= 15 is 0 Å². The summed E-state index contributed by atoms with van der Waals surface area (Å²) in [5.74, 6) is 0.784. The van der Waals surface area contributed by atoms with Gasteiger partial charge in [-0.15, -0.1) is 0 Å². The summed E-state index contributed by atoms with van der Waals surface area (Å²) in [6.07, 6.45) is 2.61. The average Bonchev–Trinajstić information content (AvgIpc) is 2.60. The first-order chi connectivity index (χ1) is 11.5. The minimum Gasteiger partial charge on any atom is -0.496 e. The third-order valence-corrected chi connectivity index (χ3v) is 5.93. The number of likely N-dealkylation sites (N-methyl/N-ethyl adjacent to an activating group) is 1. The van der Waals surface area contributed by atoms with Crippen molar-refractivity contribution < 1.29 is 13.2 Å². The molecule has 0 saturated carbocycles. The number of sulfonamides is 1. The molecule has 0 aliphatic carbocycles. The van der Waals surface area contributed by atoms with Gasteiger partial charge in [0.05, 0.1) is 12.0 Å². The van der Waals surface area contributed by atoms with Gasteiger partial charge in [0.15, 0.2) is 0 Å². The van der Waals surface area contributed by atoms with Gasteiger partial charge >= 0.3 is 0 Å². The van der Waals surface area contributed by atoms with Crippen LogP contribution in [0.4, 0.5) is 0 Å². The minimum absolute atomic E-state index is 0.338. The maximum absolute atomic E-state index is 12.7. The summed E-state index contributed by atoms with van der Waals surface area (Å²) in [5, 5.41) is 0. The summed E-state index contributed by atoms with van der Waals surface area (Å²) in [5.41, 5.74) is 2.16. The van der Waals surface area contributed by atoms with E-state index in [2.05, 4.69) is 6.92 Å². The number of benzene rings is 2. The average molecular weight is 347 g/mol. The lowest BCUT2D eigenvalue weighted by Crippen LogP contribution is -2.29. The highest BCUT2D eigenvalue weighted by Gasteiger charge is 2.20. The summed E-state index contributed by atoms with van der Waals surface area (Å²) in [6.45, 7) is 2.51. The fourth-order valence-electron chi connectivity index (χ4n) is 2.60. The van der Waals surface area contributed by atoms with Crippen LogP contribution in [0, 0.1) is 0 Å². The highest BCUT2D eigenvalue weighted by molar-refractivity contribution is 7.89. The zero-order chi connectivity index (χ0) is 17.6. The quantitative estimate of drug-likeness (QED) is 0.734. The molecule has 0 radical (unpaired) electrons. The van der Waals surface area contributed by atoms with E-state index in [0.29, 0.717) is 17.9 Å². The van der Waals surface area contributed by atoms with Crippen molar-refractivity contribution in [2.75, 3.05) is 20.7 Å². The number of methoxy groups -OCH3 is 1. The molecule has 130 valence electrons. The number of hydrogen-bond acceptors (Lipinski definition) is 3. The molecule has 0 saturated heterocycles. The van der Waals surface area contributed by atoms with Crippen LogP contribution in [0.2, 0.25) is 0 Å². The lowest BCUT2D eigenvalue weighted by atomic mass is 10.1. The molecular weight excluding hydrogens is 322 g/mol. The summed E-state index contributed by atoms with van der Waals surface area (Å²) in [7, 11) is -0.230. The van der Waals surface area contributed by atoms with Gasteiger partial charge in [0, 0.05) is 13.6 Å². The van der Waals surface area contributed by atoms with Gasteiger partial charge < -0.3 is 4.74 Å². The van der Waals surface area contributed by atoms with Crippen molar-refractivity contribution in [3.05, 3.63) is 59.7 Å². The van der Waals surface area contributed by atoms with Gasteiger partial charge in [-0.3, -0.25) is 0 Å². The molecule has 0 aromatic heterocycles. The van der Waals surface area contributed by atoms with E-state index in [4.69, 9.17) is 4.74 Å². The fourth-order valence-corrected chi connectivity index (χ4v) is 3.78. The van der Waals surface area contributed by atoms with Gasteiger partial charge in [0.1, 0.15) is 5.75 Å². The zero-order valence-corrected chi connectivity index (χ0v) is 15.3. The van der Waals surface area contributed by atoms with Crippen LogP contribution in [-0.2, 0) is 22.9 Å². The summed E-state index contributed by atoms with van der Waals surface area (Å²) < 4.78 is 32.1. The van der Waals surface area contributed by atoms with E-state index in [9.17, 15) is 8.42 Å². The molecule has 2 aromatic carbocycles. The van der Waals surface area contributed by atoms with Crippen molar-refractivity contribution in [3.8, 4) is 5.75 Å². The monoisotopic (exact) mass is 347 g/mol. The molecule has 0 aliphatic heterocycles. The Hall–Kier alpha value is -1.85. The standard InChI is InChI=1S/C19H25NO3S/c1-4-7-16-10-12-18(13-11-16)24(21,22)20(2)15-14-17-8-5-6-9-19(17)23-3/h5-6,8-13H,4,7,14-15H2,1-3H3. The Kier molecular flexibility index (Phi) is 6.40. The fraction of sp³-hybridized carbons (Fsp3) is 0.368. The Morgan fingerprint density at radius 2 is 1.67 bits per heavy atom. The van der Waals surface area contributed by atoms with Crippen LogP contribution in [-0.4, -0.2) is 33.4 Å². The van der Waals surface area contributed by atoms with Crippen molar-refractivity contribution in [1.29, 1.82) is 0 Å². The molecule has 0 spiro atoms. The largest absolute Gasteiger partial charge is 0.496 e. The van der Waals surface area contributed by atoms with Crippen LogP contribution in [0.1, 0.15) is 24.5 Å². The zero-order valence-electron chi connectivity index (χ0n) is 14.5. The Bertz CT molecular complexity index is 754. The number of ether oxygens (including phenoxy) is 1. The molecule has 5 heteroatoms. The van der Waals surface area contributed by atoms with Crippen LogP contribution in [0.5, 0.6) is 5.75 Å². The van der Waals surface area contributed by atoms with E-state index in [1.165, 1.54) is 4.31 Å². The van der Waals surface area contributed by atoms with Gasteiger partial charge in [0.2, 0.25) is 10.0 Å². The molecule has 0 aliphatic rings. The molecule has 0 heterocycles. The third kappa shape index (κ3) is 4.36. The van der Waals surface area contributed by atoms with Crippen molar-refractivity contribution in [2.45, 2.75) is 31.1 Å².